The molecule has 0 amide bonds. The van der Waals surface area contributed by atoms with Gasteiger partial charge in [0.15, 0.2) is 0 Å². The predicted molar refractivity (Wildman–Crippen MR) is 119 cm³/mol. The number of nitrogens with zero attached hydrogens (tertiary/aromatic N) is 3. The van der Waals surface area contributed by atoms with Crippen LogP contribution in [0.15, 0.2) is 46.7 Å². The number of ether oxygens (including phenoxy) is 2. The van der Waals surface area contributed by atoms with E-state index in [1.807, 2.05) is 18.2 Å². The fourth-order valence-corrected chi connectivity index (χ4v) is 3.59. The number of hydrogen-bond acceptors (Lipinski definition) is 5. The van der Waals surface area contributed by atoms with E-state index >= 15 is 0 Å². The van der Waals surface area contributed by atoms with Gasteiger partial charge in [-0.25, -0.2) is 4.39 Å². The molecule has 0 bridgehead atoms. The Labute approximate surface area is 186 Å². The van der Waals surface area contributed by atoms with Crippen molar-refractivity contribution in [3.05, 3.63) is 46.7 Å². The van der Waals surface area contributed by atoms with Crippen LogP contribution < -0.4 is 0 Å². The molecule has 0 fully saturated rings. The normalized spacial score (nSPS) is 17.3. The molecule has 168 valence electrons. The van der Waals surface area contributed by atoms with Crippen LogP contribution in [0.5, 0.6) is 0 Å². The number of hydrogen-bond donors (Lipinski definition) is 0. The Kier molecular flexibility index (Phi) is 10.9. The molecule has 0 heterocycles. The van der Waals surface area contributed by atoms with Crippen molar-refractivity contribution in [3.8, 4) is 12.1 Å². The summed E-state index contributed by atoms with van der Waals surface area (Å²) in [5.41, 5.74) is 1.04. The molecule has 0 aliphatic heterocycles. The van der Waals surface area contributed by atoms with Crippen molar-refractivity contribution in [1.82, 2.24) is 4.90 Å². The number of halogens is 1. The summed E-state index contributed by atoms with van der Waals surface area (Å²) in [7, 11) is 2.12. The van der Waals surface area contributed by atoms with Gasteiger partial charge in [0.25, 0.3) is 0 Å². The van der Waals surface area contributed by atoms with Crippen LogP contribution in [-0.4, -0.2) is 38.3 Å². The maximum absolute atomic E-state index is 13.6. The second kappa shape index (κ2) is 13.7. The largest absolute Gasteiger partial charge is 0.498 e. The zero-order chi connectivity index (χ0) is 22.5. The van der Waals surface area contributed by atoms with E-state index in [9.17, 15) is 4.39 Å². The average Bonchev–Trinajstić information content (AvgIpc) is 2.78. The third-order valence-electron chi connectivity index (χ3n) is 5.69. The minimum Gasteiger partial charge on any atom is -0.498 e. The lowest BCUT2D eigenvalue weighted by molar-refractivity contribution is 0.176. The van der Waals surface area contributed by atoms with Gasteiger partial charge in [-0.15, -0.1) is 0 Å². The van der Waals surface area contributed by atoms with Gasteiger partial charge in [0, 0.05) is 31.0 Å². The Morgan fingerprint density at radius 1 is 0.968 bits per heavy atom. The molecule has 0 aromatic heterocycles. The molecule has 2 aliphatic rings. The van der Waals surface area contributed by atoms with Crippen molar-refractivity contribution in [2.75, 3.05) is 33.4 Å². The molecule has 0 aromatic carbocycles. The first-order valence-corrected chi connectivity index (χ1v) is 11.2. The van der Waals surface area contributed by atoms with E-state index in [-0.39, 0.29) is 5.57 Å². The van der Waals surface area contributed by atoms with Gasteiger partial charge < -0.3 is 14.4 Å². The topological polar surface area (TPSA) is 69.3 Å². The summed E-state index contributed by atoms with van der Waals surface area (Å²) >= 11 is 0. The Balaban J connectivity index is 1.50. The van der Waals surface area contributed by atoms with Gasteiger partial charge in [-0.2, -0.15) is 10.5 Å². The fourth-order valence-electron chi connectivity index (χ4n) is 3.59. The average molecular weight is 428 g/mol. The smallest absolute Gasteiger partial charge is 0.140 e. The summed E-state index contributed by atoms with van der Waals surface area (Å²) in [5.74, 6) is 1.81. The molecule has 0 saturated heterocycles. The van der Waals surface area contributed by atoms with Gasteiger partial charge in [0.2, 0.25) is 0 Å². The van der Waals surface area contributed by atoms with E-state index in [4.69, 9.17) is 20.0 Å². The van der Waals surface area contributed by atoms with Gasteiger partial charge in [-0.1, -0.05) is 6.92 Å². The molecule has 2 aliphatic carbocycles. The first-order chi connectivity index (χ1) is 15.0. The molecule has 1 unspecified atom stereocenters. The molecular formula is C25H34FN3O2. The molecule has 2 rings (SSSR count). The van der Waals surface area contributed by atoms with Crippen LogP contribution >= 0.6 is 0 Å². The number of rotatable bonds is 13. The summed E-state index contributed by atoms with van der Waals surface area (Å²) < 4.78 is 25.1. The zero-order valence-electron chi connectivity index (χ0n) is 18.8. The molecular weight excluding hydrogens is 393 g/mol. The lowest BCUT2D eigenvalue weighted by Gasteiger charge is -2.20. The van der Waals surface area contributed by atoms with Gasteiger partial charge in [0.05, 0.1) is 42.4 Å². The van der Waals surface area contributed by atoms with Gasteiger partial charge in [-0.05, 0) is 70.2 Å². The predicted octanol–water partition coefficient (Wildman–Crippen LogP) is 5.70. The van der Waals surface area contributed by atoms with Crippen LogP contribution in [0.1, 0.15) is 58.3 Å². The molecule has 0 N–H and O–H groups in total. The summed E-state index contributed by atoms with van der Waals surface area (Å²) in [4.78, 5) is 2.31. The fraction of sp³-hybridized carbons (Fsp3) is 0.600. The van der Waals surface area contributed by atoms with Crippen molar-refractivity contribution in [3.63, 3.8) is 0 Å². The van der Waals surface area contributed by atoms with Crippen LogP contribution in [0.4, 0.5) is 4.39 Å². The van der Waals surface area contributed by atoms with E-state index in [1.165, 1.54) is 6.08 Å². The standard InChI is InChI=1S/C25H34FN3O2/c1-20(5-3-15-30-23-9-6-21(18-27)7-10-23)12-14-29(2)13-4-16-31-24-11-8-22(19-28)25(26)17-24/h6,9,17,20H,3-5,7-8,10-16H2,1-2H3. The Hall–Kier alpha value is -2.57. The third kappa shape index (κ3) is 9.40. The van der Waals surface area contributed by atoms with Crippen LogP contribution in [0.25, 0.3) is 0 Å². The minimum absolute atomic E-state index is 0.213. The highest BCUT2D eigenvalue weighted by Crippen LogP contribution is 2.25. The summed E-state index contributed by atoms with van der Waals surface area (Å²) in [6.45, 7) is 5.57. The molecule has 0 radical (unpaired) electrons. The molecule has 5 nitrogen and oxygen atoms in total. The molecule has 0 aromatic rings. The quantitative estimate of drug-likeness (QED) is 0.353. The van der Waals surface area contributed by atoms with Crippen molar-refractivity contribution in [2.24, 2.45) is 5.92 Å². The van der Waals surface area contributed by atoms with Crippen molar-refractivity contribution in [2.45, 2.75) is 58.3 Å². The Morgan fingerprint density at radius 2 is 1.71 bits per heavy atom. The molecule has 1 atom stereocenters. The highest BCUT2D eigenvalue weighted by Gasteiger charge is 2.14. The van der Waals surface area contributed by atoms with E-state index in [2.05, 4.69) is 24.9 Å². The summed E-state index contributed by atoms with van der Waals surface area (Å²) in [6, 6.07) is 4.08. The van der Waals surface area contributed by atoms with Gasteiger partial charge >= 0.3 is 0 Å². The van der Waals surface area contributed by atoms with Crippen LogP contribution in [0.3, 0.4) is 0 Å². The maximum Gasteiger partial charge on any atom is 0.140 e. The zero-order valence-corrected chi connectivity index (χ0v) is 18.8. The first kappa shape index (κ1) is 24.7. The Morgan fingerprint density at radius 3 is 2.39 bits per heavy atom. The lowest BCUT2D eigenvalue weighted by Crippen LogP contribution is -2.23. The summed E-state index contributed by atoms with van der Waals surface area (Å²) in [5, 5.41) is 17.7. The highest BCUT2D eigenvalue weighted by atomic mass is 19.1. The Bertz CT molecular complexity index is 799. The van der Waals surface area contributed by atoms with E-state index in [0.717, 1.165) is 69.6 Å². The van der Waals surface area contributed by atoms with Gasteiger partial charge in [0.1, 0.15) is 5.83 Å². The van der Waals surface area contributed by atoms with E-state index < -0.39 is 5.83 Å². The van der Waals surface area contributed by atoms with Crippen molar-refractivity contribution >= 4 is 0 Å². The SMILES string of the molecule is CC(CCCOC1=CC=C(C#N)CC1)CCN(C)CCCOC1=CC(F)=C(C#N)CC1. The minimum atomic E-state index is -0.458. The van der Waals surface area contributed by atoms with Crippen LogP contribution in [0, 0.1) is 28.6 Å². The van der Waals surface area contributed by atoms with Crippen LogP contribution in [-0.2, 0) is 9.47 Å². The molecule has 31 heavy (non-hydrogen) atoms. The van der Waals surface area contributed by atoms with Crippen molar-refractivity contribution < 1.29 is 13.9 Å². The van der Waals surface area contributed by atoms with E-state index in [0.29, 0.717) is 31.1 Å². The molecule has 0 saturated carbocycles. The monoisotopic (exact) mass is 427 g/mol. The molecule has 0 spiro atoms. The second-order valence-electron chi connectivity index (χ2n) is 8.38. The number of allylic oxidation sites excluding steroid dienone is 8. The maximum atomic E-state index is 13.6. The van der Waals surface area contributed by atoms with Gasteiger partial charge in [-0.3, -0.25) is 0 Å². The van der Waals surface area contributed by atoms with E-state index in [1.54, 1.807) is 0 Å². The highest BCUT2D eigenvalue weighted by molar-refractivity contribution is 5.35. The van der Waals surface area contributed by atoms with Crippen molar-refractivity contribution in [1.29, 1.82) is 10.5 Å². The van der Waals surface area contributed by atoms with Crippen LogP contribution in [0.2, 0.25) is 0 Å². The number of nitriles is 2. The lowest BCUT2D eigenvalue weighted by atomic mass is 10.0. The summed E-state index contributed by atoms with van der Waals surface area (Å²) in [6.07, 6.45) is 12.0. The second-order valence-corrected chi connectivity index (χ2v) is 8.38. The third-order valence-corrected chi connectivity index (χ3v) is 5.69. The first-order valence-electron chi connectivity index (χ1n) is 11.2. The molecule has 6 heteroatoms.